The molecule has 6 nitrogen and oxygen atoms in total. The number of benzene rings is 1. The van der Waals surface area contributed by atoms with Gasteiger partial charge in [-0.25, -0.2) is 13.1 Å². The van der Waals surface area contributed by atoms with E-state index in [0.717, 1.165) is 38.8 Å². The summed E-state index contributed by atoms with van der Waals surface area (Å²) in [6.07, 6.45) is 4.09. The van der Waals surface area contributed by atoms with Gasteiger partial charge in [-0.05, 0) is 44.5 Å². The molecule has 0 bridgehead atoms. The fourth-order valence-corrected chi connectivity index (χ4v) is 3.83. The van der Waals surface area contributed by atoms with Crippen molar-refractivity contribution in [2.45, 2.75) is 31.7 Å². The van der Waals surface area contributed by atoms with Crippen molar-refractivity contribution < 1.29 is 18.3 Å². The van der Waals surface area contributed by atoms with Crippen molar-refractivity contribution >= 4 is 10.0 Å². The number of hydrogen-bond acceptors (Lipinski definition) is 5. The van der Waals surface area contributed by atoms with Gasteiger partial charge in [-0.2, -0.15) is 0 Å². The van der Waals surface area contributed by atoms with E-state index in [-0.39, 0.29) is 25.0 Å². The maximum atomic E-state index is 11.9. The van der Waals surface area contributed by atoms with Crippen LogP contribution in [0, 0.1) is 0 Å². The van der Waals surface area contributed by atoms with Gasteiger partial charge in [0, 0.05) is 12.6 Å². The molecule has 1 saturated heterocycles. The van der Waals surface area contributed by atoms with Crippen LogP contribution in [0.25, 0.3) is 0 Å². The van der Waals surface area contributed by atoms with E-state index in [1.165, 1.54) is 0 Å². The van der Waals surface area contributed by atoms with Crippen molar-refractivity contribution in [1.29, 1.82) is 0 Å². The Morgan fingerprint density at radius 1 is 1.25 bits per heavy atom. The predicted octanol–water partition coefficient (Wildman–Crippen LogP) is 1.22. The Morgan fingerprint density at radius 2 is 2.04 bits per heavy atom. The molecular formula is C17H28N2O4S. The lowest BCUT2D eigenvalue weighted by molar-refractivity contribution is 0.0896. The molecule has 7 heteroatoms. The van der Waals surface area contributed by atoms with E-state index in [1.54, 1.807) is 12.1 Å². The molecule has 1 atom stereocenters. The number of sulfonamides is 1. The third kappa shape index (κ3) is 6.76. The normalized spacial score (nSPS) is 19.3. The number of rotatable bonds is 10. The topological polar surface area (TPSA) is 78.9 Å². The van der Waals surface area contributed by atoms with E-state index in [1.807, 2.05) is 18.2 Å². The van der Waals surface area contributed by atoms with Gasteiger partial charge in [-0.1, -0.05) is 24.6 Å². The monoisotopic (exact) mass is 356 g/mol. The molecule has 1 fully saturated rings. The molecule has 0 aromatic heterocycles. The van der Waals surface area contributed by atoms with E-state index in [9.17, 15) is 13.5 Å². The Bertz CT molecular complexity index is 565. The molecule has 1 aromatic carbocycles. The zero-order valence-electron chi connectivity index (χ0n) is 14.1. The Labute approximate surface area is 144 Å². The lowest BCUT2D eigenvalue weighted by Gasteiger charge is -2.34. The van der Waals surface area contributed by atoms with Crippen LogP contribution >= 0.6 is 0 Å². The van der Waals surface area contributed by atoms with Crippen molar-refractivity contribution in [3.63, 3.8) is 0 Å². The highest BCUT2D eigenvalue weighted by Crippen LogP contribution is 2.16. The molecular weight excluding hydrogens is 328 g/mol. The second-order valence-electron chi connectivity index (χ2n) is 6.10. The smallest absolute Gasteiger partial charge is 0.214 e. The average Bonchev–Trinajstić information content (AvgIpc) is 2.60. The summed E-state index contributed by atoms with van der Waals surface area (Å²) in [5.41, 5.74) is 0. The molecule has 0 aliphatic carbocycles. The molecule has 0 spiro atoms. The molecule has 24 heavy (non-hydrogen) atoms. The zero-order chi connectivity index (χ0) is 17.3. The number of aliphatic hydroxyl groups excluding tert-OH is 1. The first kappa shape index (κ1) is 19.2. The number of para-hydroxylation sites is 1. The Morgan fingerprint density at radius 3 is 2.79 bits per heavy atom. The van der Waals surface area contributed by atoms with E-state index in [4.69, 9.17) is 4.74 Å². The SMILES string of the molecule is O=S(=O)(CCOc1ccccc1)NCCCN1CCCCC1CO. The number of piperidine rings is 1. The van der Waals surface area contributed by atoms with Gasteiger partial charge in [0.05, 0.1) is 12.4 Å². The van der Waals surface area contributed by atoms with Gasteiger partial charge < -0.3 is 9.84 Å². The fraction of sp³-hybridized carbons (Fsp3) is 0.647. The molecule has 2 rings (SSSR count). The Kier molecular flexibility index (Phi) is 7.98. The summed E-state index contributed by atoms with van der Waals surface area (Å²) in [6, 6.07) is 9.42. The number of aliphatic hydroxyl groups is 1. The third-order valence-electron chi connectivity index (χ3n) is 4.27. The van der Waals surface area contributed by atoms with Crippen molar-refractivity contribution in [2.75, 3.05) is 38.6 Å². The highest BCUT2D eigenvalue weighted by Gasteiger charge is 2.21. The maximum Gasteiger partial charge on any atom is 0.214 e. The van der Waals surface area contributed by atoms with Crippen molar-refractivity contribution in [3.05, 3.63) is 30.3 Å². The number of nitrogens with zero attached hydrogens (tertiary/aromatic N) is 1. The number of likely N-dealkylation sites (tertiary alicyclic amines) is 1. The summed E-state index contributed by atoms with van der Waals surface area (Å²) in [7, 11) is -3.32. The zero-order valence-corrected chi connectivity index (χ0v) is 14.9. The minimum Gasteiger partial charge on any atom is -0.492 e. The van der Waals surface area contributed by atoms with Crippen LogP contribution in [0.5, 0.6) is 5.75 Å². The molecule has 2 N–H and O–H groups in total. The van der Waals surface area contributed by atoms with E-state index in [2.05, 4.69) is 9.62 Å². The maximum absolute atomic E-state index is 11.9. The number of nitrogens with one attached hydrogen (secondary N) is 1. The summed E-state index contributed by atoms with van der Waals surface area (Å²) in [5.74, 6) is 0.623. The first-order valence-electron chi connectivity index (χ1n) is 8.61. The van der Waals surface area contributed by atoms with Crippen molar-refractivity contribution in [2.24, 2.45) is 0 Å². The second-order valence-corrected chi connectivity index (χ2v) is 8.02. The lowest BCUT2D eigenvalue weighted by Crippen LogP contribution is -2.43. The predicted molar refractivity (Wildman–Crippen MR) is 94.6 cm³/mol. The summed E-state index contributed by atoms with van der Waals surface area (Å²) < 4.78 is 31.9. The average molecular weight is 356 g/mol. The van der Waals surface area contributed by atoms with Gasteiger partial charge >= 0.3 is 0 Å². The summed E-state index contributed by atoms with van der Waals surface area (Å²) in [4.78, 5) is 2.26. The lowest BCUT2D eigenvalue weighted by atomic mass is 10.0. The van der Waals surface area contributed by atoms with Gasteiger partial charge in [-0.3, -0.25) is 4.90 Å². The molecule has 0 radical (unpaired) electrons. The van der Waals surface area contributed by atoms with Crippen LogP contribution in [-0.2, 0) is 10.0 Å². The van der Waals surface area contributed by atoms with Crippen molar-refractivity contribution in [1.82, 2.24) is 9.62 Å². The molecule has 1 aliphatic rings. The minimum atomic E-state index is -3.32. The van der Waals surface area contributed by atoms with Crippen LogP contribution < -0.4 is 9.46 Å². The van der Waals surface area contributed by atoms with Crippen LogP contribution in [0.4, 0.5) is 0 Å². The molecule has 1 aromatic rings. The summed E-state index contributed by atoms with van der Waals surface area (Å²) in [5, 5.41) is 9.37. The van der Waals surface area contributed by atoms with Gasteiger partial charge in [0.2, 0.25) is 10.0 Å². The molecule has 1 unspecified atom stereocenters. The van der Waals surface area contributed by atoms with Crippen molar-refractivity contribution in [3.8, 4) is 5.75 Å². The van der Waals surface area contributed by atoms with Crippen LogP contribution in [0.3, 0.4) is 0 Å². The van der Waals surface area contributed by atoms with Crippen LogP contribution in [-0.4, -0.2) is 63.1 Å². The first-order valence-corrected chi connectivity index (χ1v) is 10.3. The molecule has 0 amide bonds. The largest absolute Gasteiger partial charge is 0.492 e. The van der Waals surface area contributed by atoms with Gasteiger partial charge in [0.25, 0.3) is 0 Å². The third-order valence-corrected chi connectivity index (χ3v) is 5.62. The fourth-order valence-electron chi connectivity index (χ4n) is 2.93. The van der Waals surface area contributed by atoms with E-state index >= 15 is 0 Å². The second kappa shape index (κ2) is 9.98. The standard InChI is InChI=1S/C17H28N2O4S/c20-15-16-7-4-5-11-19(16)12-6-10-18-24(21,22)14-13-23-17-8-2-1-3-9-17/h1-3,8-9,16,18,20H,4-7,10-15H2. The van der Waals surface area contributed by atoms with E-state index in [0.29, 0.717) is 12.3 Å². The first-order chi connectivity index (χ1) is 11.6. The molecule has 1 aliphatic heterocycles. The van der Waals surface area contributed by atoms with Gasteiger partial charge in [0.15, 0.2) is 0 Å². The van der Waals surface area contributed by atoms with Crippen LogP contribution in [0.1, 0.15) is 25.7 Å². The highest BCUT2D eigenvalue weighted by atomic mass is 32.2. The number of ether oxygens (including phenoxy) is 1. The van der Waals surface area contributed by atoms with E-state index < -0.39 is 10.0 Å². The summed E-state index contributed by atoms with van der Waals surface area (Å²) >= 11 is 0. The summed E-state index contributed by atoms with van der Waals surface area (Å²) in [6.45, 7) is 2.54. The Hall–Kier alpha value is -1.15. The van der Waals surface area contributed by atoms with Crippen LogP contribution in [0.15, 0.2) is 30.3 Å². The molecule has 136 valence electrons. The molecule has 1 heterocycles. The number of hydrogen-bond donors (Lipinski definition) is 2. The molecule has 0 saturated carbocycles. The van der Waals surface area contributed by atoms with Crippen LogP contribution in [0.2, 0.25) is 0 Å². The highest BCUT2D eigenvalue weighted by molar-refractivity contribution is 7.89. The minimum absolute atomic E-state index is 0.0507. The van der Waals surface area contributed by atoms with Gasteiger partial charge in [0.1, 0.15) is 12.4 Å². The quantitative estimate of drug-likeness (QED) is 0.616. The van der Waals surface area contributed by atoms with Gasteiger partial charge in [-0.15, -0.1) is 0 Å². The Balaban J connectivity index is 1.61.